The molecule has 0 unspecified atom stereocenters. The van der Waals surface area contributed by atoms with Gasteiger partial charge in [-0.25, -0.2) is 9.97 Å². The molecule has 2 N–H and O–H groups in total. The van der Waals surface area contributed by atoms with Crippen molar-refractivity contribution in [3.8, 4) is 28.4 Å². The number of nitrogens with zero attached hydrogens (tertiary/aromatic N) is 3. The van der Waals surface area contributed by atoms with Crippen molar-refractivity contribution in [3.63, 3.8) is 0 Å². The Kier molecular flexibility index (Phi) is 4.79. The molecule has 31 heavy (non-hydrogen) atoms. The van der Waals surface area contributed by atoms with Crippen molar-refractivity contribution in [2.45, 2.75) is 26.9 Å². The Balaban J connectivity index is 1.33. The molecule has 5 nitrogen and oxygen atoms in total. The lowest BCUT2D eigenvalue weighted by Gasteiger charge is -2.22. The Labute approximate surface area is 181 Å². The van der Waals surface area contributed by atoms with Crippen LogP contribution in [0.3, 0.4) is 0 Å². The molecule has 0 saturated heterocycles. The molecule has 5 heteroatoms. The number of rotatable bonds is 4. The lowest BCUT2D eigenvalue weighted by molar-refractivity contribution is 0.347. The topological polar surface area (TPSA) is 65.0 Å². The molecule has 1 aliphatic rings. The predicted octanol–water partition coefficient (Wildman–Crippen LogP) is 5.45. The number of aromatic nitrogens is 3. The van der Waals surface area contributed by atoms with E-state index >= 15 is 0 Å². The molecular weight excluding hydrogens is 384 g/mol. The molecule has 154 valence electrons. The number of aromatic hydroxyl groups is 1. The fourth-order valence-electron chi connectivity index (χ4n) is 3.86. The first-order valence-corrected chi connectivity index (χ1v) is 10.4. The van der Waals surface area contributed by atoms with Crippen LogP contribution in [0.25, 0.3) is 28.6 Å². The molecule has 5 rings (SSSR count). The lowest BCUT2D eigenvalue weighted by atomic mass is 9.99. The Hall–Kier alpha value is -3.86. The number of nitrogens with one attached hydrogen (secondary N) is 1. The van der Waals surface area contributed by atoms with E-state index in [-0.39, 0.29) is 5.88 Å². The maximum Gasteiger partial charge on any atom is 0.210 e. The number of aryl methyl sites for hydroxylation is 2. The van der Waals surface area contributed by atoms with E-state index < -0.39 is 0 Å². The number of aromatic amines is 1. The van der Waals surface area contributed by atoms with Gasteiger partial charge in [0.05, 0.1) is 30.2 Å². The summed E-state index contributed by atoms with van der Waals surface area (Å²) in [5.74, 6) is 0.920. The molecule has 2 aromatic carbocycles. The first kappa shape index (κ1) is 19.1. The molecule has 0 aliphatic carbocycles. The van der Waals surface area contributed by atoms with E-state index in [9.17, 15) is 5.11 Å². The van der Waals surface area contributed by atoms with Crippen molar-refractivity contribution in [3.05, 3.63) is 95.1 Å². The predicted molar refractivity (Wildman–Crippen MR) is 123 cm³/mol. The number of imidazole rings is 1. The van der Waals surface area contributed by atoms with Crippen molar-refractivity contribution < 1.29 is 5.11 Å². The van der Waals surface area contributed by atoms with Gasteiger partial charge in [-0.2, -0.15) is 0 Å². The highest BCUT2D eigenvalue weighted by molar-refractivity contribution is 5.69. The van der Waals surface area contributed by atoms with Crippen molar-refractivity contribution >= 4 is 6.08 Å². The van der Waals surface area contributed by atoms with Gasteiger partial charge in [0, 0.05) is 17.8 Å². The quantitative estimate of drug-likeness (QED) is 0.471. The Bertz CT molecular complexity index is 1270. The summed E-state index contributed by atoms with van der Waals surface area (Å²) in [5.41, 5.74) is 8.98. The summed E-state index contributed by atoms with van der Waals surface area (Å²) in [6, 6.07) is 20.4. The molecule has 4 aromatic rings. The highest BCUT2D eigenvalue weighted by Crippen LogP contribution is 2.27. The molecule has 1 aliphatic heterocycles. The summed E-state index contributed by atoms with van der Waals surface area (Å²) in [7, 11) is 0. The summed E-state index contributed by atoms with van der Waals surface area (Å²) >= 11 is 0. The van der Waals surface area contributed by atoms with Gasteiger partial charge in [0.1, 0.15) is 5.82 Å². The molecule has 0 saturated carbocycles. The minimum atomic E-state index is 0.0467. The third kappa shape index (κ3) is 3.94. The van der Waals surface area contributed by atoms with E-state index in [1.807, 2.05) is 24.4 Å². The number of hydrogen-bond donors (Lipinski definition) is 2. The second-order valence-electron chi connectivity index (χ2n) is 8.03. The molecule has 0 fully saturated rings. The van der Waals surface area contributed by atoms with Gasteiger partial charge in [-0.15, -0.1) is 0 Å². The molecule has 0 amide bonds. The van der Waals surface area contributed by atoms with E-state index in [1.165, 1.54) is 22.3 Å². The summed E-state index contributed by atoms with van der Waals surface area (Å²) in [6.45, 7) is 5.60. The summed E-state index contributed by atoms with van der Waals surface area (Å²) < 4.78 is 0. The minimum Gasteiger partial charge on any atom is -0.493 e. The van der Waals surface area contributed by atoms with Crippen LogP contribution in [0.4, 0.5) is 0 Å². The average Bonchev–Trinajstić information content (AvgIpc) is 3.19. The first-order chi connectivity index (χ1) is 15.0. The molecule has 0 radical (unpaired) electrons. The number of hydrogen-bond acceptors (Lipinski definition) is 4. The van der Waals surface area contributed by atoms with Crippen molar-refractivity contribution in [1.29, 1.82) is 0 Å². The molecule has 0 spiro atoms. The smallest absolute Gasteiger partial charge is 0.210 e. The fraction of sp³-hybridized carbons (Fsp3) is 0.154. The van der Waals surface area contributed by atoms with Crippen LogP contribution < -0.4 is 0 Å². The molecule has 0 atom stereocenters. The second kappa shape index (κ2) is 7.76. The lowest BCUT2D eigenvalue weighted by Crippen LogP contribution is -2.20. The van der Waals surface area contributed by atoms with Gasteiger partial charge >= 0.3 is 0 Å². The van der Waals surface area contributed by atoms with Crippen LogP contribution in [0.2, 0.25) is 0 Å². The number of benzene rings is 2. The van der Waals surface area contributed by atoms with E-state index in [4.69, 9.17) is 4.98 Å². The van der Waals surface area contributed by atoms with Gasteiger partial charge in [-0.1, -0.05) is 48.5 Å². The zero-order chi connectivity index (χ0) is 21.4. The van der Waals surface area contributed by atoms with Gasteiger partial charge < -0.3 is 15.0 Å². The Morgan fingerprint density at radius 1 is 0.903 bits per heavy atom. The molecule has 2 aromatic heterocycles. The van der Waals surface area contributed by atoms with E-state index in [0.717, 1.165) is 28.5 Å². The van der Waals surface area contributed by atoms with Gasteiger partial charge in [0.15, 0.2) is 0 Å². The van der Waals surface area contributed by atoms with E-state index in [0.29, 0.717) is 13.1 Å². The Morgan fingerprint density at radius 3 is 2.45 bits per heavy atom. The number of H-pyrrole nitrogens is 1. The fourth-order valence-corrected chi connectivity index (χ4v) is 3.86. The molecular formula is C26H24N4O. The number of fused-ring (bicyclic) bond motifs is 1. The first-order valence-electron chi connectivity index (χ1n) is 10.4. The SMILES string of the molecule is Cc1ccc(-c2ccc(-c3nc4c([nH]3)C=CN(Cc3cccc(O)n3)C4)cc2)cc1C. The normalized spacial score (nSPS) is 12.8. The van der Waals surface area contributed by atoms with Gasteiger partial charge in [-0.05, 0) is 48.2 Å². The van der Waals surface area contributed by atoms with Crippen LogP contribution in [0.15, 0.2) is 66.9 Å². The van der Waals surface area contributed by atoms with Crippen LogP contribution in [-0.4, -0.2) is 25.0 Å². The monoisotopic (exact) mass is 408 g/mol. The zero-order valence-electron chi connectivity index (χ0n) is 17.6. The van der Waals surface area contributed by atoms with Gasteiger partial charge in [0.2, 0.25) is 5.88 Å². The minimum absolute atomic E-state index is 0.0467. The zero-order valence-corrected chi connectivity index (χ0v) is 17.6. The Morgan fingerprint density at radius 2 is 1.68 bits per heavy atom. The van der Waals surface area contributed by atoms with Crippen molar-refractivity contribution in [1.82, 2.24) is 19.9 Å². The van der Waals surface area contributed by atoms with Crippen LogP contribution in [0.1, 0.15) is 28.2 Å². The van der Waals surface area contributed by atoms with Crippen LogP contribution in [0, 0.1) is 13.8 Å². The van der Waals surface area contributed by atoms with Crippen molar-refractivity contribution in [2.75, 3.05) is 0 Å². The van der Waals surface area contributed by atoms with Gasteiger partial charge in [0.25, 0.3) is 0 Å². The molecule has 0 bridgehead atoms. The maximum absolute atomic E-state index is 9.58. The van der Waals surface area contributed by atoms with Crippen LogP contribution in [0.5, 0.6) is 5.88 Å². The highest BCUT2D eigenvalue weighted by atomic mass is 16.3. The van der Waals surface area contributed by atoms with Crippen LogP contribution in [-0.2, 0) is 13.1 Å². The van der Waals surface area contributed by atoms with E-state index in [1.54, 1.807) is 6.07 Å². The number of pyridine rings is 1. The summed E-state index contributed by atoms with van der Waals surface area (Å²) in [4.78, 5) is 14.6. The van der Waals surface area contributed by atoms with Crippen molar-refractivity contribution in [2.24, 2.45) is 0 Å². The largest absolute Gasteiger partial charge is 0.493 e. The van der Waals surface area contributed by atoms with Crippen LogP contribution >= 0.6 is 0 Å². The summed E-state index contributed by atoms with van der Waals surface area (Å²) in [5, 5.41) is 9.58. The third-order valence-electron chi connectivity index (χ3n) is 5.77. The molecule has 3 heterocycles. The average molecular weight is 409 g/mol. The van der Waals surface area contributed by atoms with Gasteiger partial charge in [-0.3, -0.25) is 0 Å². The second-order valence-corrected chi connectivity index (χ2v) is 8.03. The highest BCUT2D eigenvalue weighted by Gasteiger charge is 2.17. The standard InChI is InChI=1S/C26H24N4O/c1-17-6-7-21(14-18(17)2)19-8-10-20(11-9-19)26-28-23-12-13-30(16-24(23)29-26)15-22-4-3-5-25(31)27-22/h3-14H,15-16H2,1-2H3,(H,27,31)(H,28,29). The third-order valence-corrected chi connectivity index (χ3v) is 5.77. The summed E-state index contributed by atoms with van der Waals surface area (Å²) in [6.07, 6.45) is 4.08. The maximum atomic E-state index is 9.58. The van der Waals surface area contributed by atoms with E-state index in [2.05, 4.69) is 71.2 Å².